The number of aromatic amines is 1. The quantitative estimate of drug-likeness (QED) is 0.666. The van der Waals surface area contributed by atoms with Crippen LogP contribution in [-0.4, -0.2) is 15.2 Å². The van der Waals surface area contributed by atoms with Crippen molar-refractivity contribution in [2.45, 2.75) is 0 Å². The van der Waals surface area contributed by atoms with Crippen molar-refractivity contribution in [3.8, 4) is 11.4 Å². The molecule has 0 aliphatic rings. The van der Waals surface area contributed by atoms with Crippen molar-refractivity contribution in [1.29, 1.82) is 0 Å². The fraction of sp³-hybridized carbons (Fsp3) is 0. The highest BCUT2D eigenvalue weighted by Gasteiger charge is 1.98. The summed E-state index contributed by atoms with van der Waals surface area (Å²) >= 11 is 1.53. The van der Waals surface area contributed by atoms with E-state index in [0.29, 0.717) is 0 Å². The highest BCUT2D eigenvalue weighted by atomic mass is 32.1. The van der Waals surface area contributed by atoms with Gasteiger partial charge in [-0.05, 0) is 11.4 Å². The number of H-pyrrole nitrogens is 1. The van der Waals surface area contributed by atoms with E-state index in [1.165, 1.54) is 17.7 Å². The molecule has 0 aliphatic carbocycles. The summed E-state index contributed by atoms with van der Waals surface area (Å²) in [6.45, 7) is 0. The molecule has 3 nitrogen and oxygen atoms in total. The molecular weight excluding hydrogens is 146 g/mol. The van der Waals surface area contributed by atoms with Crippen LogP contribution in [0.5, 0.6) is 0 Å². The number of nitrogens with one attached hydrogen (secondary N) is 1. The Balaban J connectivity index is 2.48. The standard InChI is InChI=1S/C6H4N3S/c1-2-10-3-5(1)6-7-4-8-9-6/h1-2,4H,(H,7,8,9). The van der Waals surface area contributed by atoms with Gasteiger partial charge in [-0.15, -0.1) is 11.3 Å². The summed E-state index contributed by atoms with van der Waals surface area (Å²) in [4.78, 5) is 3.97. The molecule has 0 aliphatic heterocycles. The molecular formula is C6H4N3S. The van der Waals surface area contributed by atoms with Gasteiger partial charge in [0.15, 0.2) is 5.82 Å². The second-order valence-corrected chi connectivity index (χ2v) is 2.48. The van der Waals surface area contributed by atoms with E-state index in [4.69, 9.17) is 0 Å². The maximum Gasteiger partial charge on any atom is 0.156 e. The van der Waals surface area contributed by atoms with Crippen molar-refractivity contribution in [2.75, 3.05) is 0 Å². The number of nitrogens with zero attached hydrogens (tertiary/aromatic N) is 2. The van der Waals surface area contributed by atoms with E-state index in [-0.39, 0.29) is 0 Å². The monoisotopic (exact) mass is 150 g/mol. The van der Waals surface area contributed by atoms with Crippen LogP contribution in [0, 0.1) is 5.38 Å². The number of rotatable bonds is 1. The summed E-state index contributed by atoms with van der Waals surface area (Å²) in [6, 6.07) is 1.95. The van der Waals surface area contributed by atoms with E-state index in [9.17, 15) is 0 Å². The van der Waals surface area contributed by atoms with Gasteiger partial charge in [0.1, 0.15) is 6.33 Å². The van der Waals surface area contributed by atoms with E-state index in [2.05, 4.69) is 20.6 Å². The predicted molar refractivity (Wildman–Crippen MR) is 38.5 cm³/mol. The van der Waals surface area contributed by atoms with Gasteiger partial charge in [0, 0.05) is 5.56 Å². The minimum atomic E-state index is 0.779. The molecule has 2 rings (SSSR count). The van der Waals surface area contributed by atoms with Crippen LogP contribution in [0.4, 0.5) is 0 Å². The molecule has 0 saturated carbocycles. The fourth-order valence-electron chi connectivity index (χ4n) is 0.696. The Morgan fingerprint density at radius 3 is 3.20 bits per heavy atom. The van der Waals surface area contributed by atoms with Gasteiger partial charge in [0.05, 0.1) is 5.38 Å². The molecule has 0 fully saturated rings. The Bertz CT molecular complexity index is 252. The lowest BCUT2D eigenvalue weighted by molar-refractivity contribution is 1.10. The molecule has 4 heteroatoms. The van der Waals surface area contributed by atoms with Crippen LogP contribution in [0.1, 0.15) is 0 Å². The molecule has 0 atom stereocenters. The Kier molecular flexibility index (Phi) is 1.25. The molecule has 0 amide bonds. The Morgan fingerprint density at radius 2 is 2.60 bits per heavy atom. The number of aromatic nitrogens is 3. The average molecular weight is 150 g/mol. The third-order valence-corrected chi connectivity index (χ3v) is 1.75. The minimum Gasteiger partial charge on any atom is -0.259 e. The highest BCUT2D eigenvalue weighted by Crippen LogP contribution is 2.15. The van der Waals surface area contributed by atoms with Gasteiger partial charge in [-0.1, -0.05) is 0 Å². The molecule has 1 N–H and O–H groups in total. The predicted octanol–water partition coefficient (Wildman–Crippen LogP) is 1.33. The average Bonchev–Trinajstić information content (AvgIpc) is 2.59. The molecule has 0 bridgehead atoms. The van der Waals surface area contributed by atoms with Gasteiger partial charge >= 0.3 is 0 Å². The molecule has 2 aromatic heterocycles. The van der Waals surface area contributed by atoms with Crippen molar-refractivity contribution in [1.82, 2.24) is 15.2 Å². The van der Waals surface area contributed by atoms with Gasteiger partial charge in [-0.2, -0.15) is 5.10 Å². The van der Waals surface area contributed by atoms with Crippen LogP contribution in [0.15, 0.2) is 17.8 Å². The normalized spacial score (nSPS) is 10.0. The van der Waals surface area contributed by atoms with Crippen molar-refractivity contribution in [3.05, 3.63) is 23.2 Å². The fourth-order valence-corrected chi connectivity index (χ4v) is 1.26. The van der Waals surface area contributed by atoms with Gasteiger partial charge in [-0.25, -0.2) is 4.98 Å². The van der Waals surface area contributed by atoms with Crippen molar-refractivity contribution < 1.29 is 0 Å². The lowest BCUT2D eigenvalue weighted by Gasteiger charge is -1.83. The highest BCUT2D eigenvalue weighted by molar-refractivity contribution is 7.07. The summed E-state index contributed by atoms with van der Waals surface area (Å²) in [5.74, 6) is 0.779. The summed E-state index contributed by atoms with van der Waals surface area (Å²) < 4.78 is 0. The summed E-state index contributed by atoms with van der Waals surface area (Å²) in [5.41, 5.74) is 0.975. The lowest BCUT2D eigenvalue weighted by atomic mass is 10.3. The Hall–Kier alpha value is -1.16. The second-order valence-electron chi connectivity index (χ2n) is 1.77. The SMILES string of the molecule is [c]1sccc1-c1ncn[nH]1. The molecule has 1 radical (unpaired) electrons. The van der Waals surface area contributed by atoms with E-state index >= 15 is 0 Å². The van der Waals surface area contributed by atoms with Crippen LogP contribution in [-0.2, 0) is 0 Å². The minimum absolute atomic E-state index is 0.779. The third-order valence-electron chi connectivity index (χ3n) is 1.14. The summed E-state index contributed by atoms with van der Waals surface area (Å²) in [6.07, 6.45) is 1.49. The number of hydrogen-bond acceptors (Lipinski definition) is 3. The van der Waals surface area contributed by atoms with Crippen molar-refractivity contribution >= 4 is 11.3 Å². The molecule has 49 valence electrons. The van der Waals surface area contributed by atoms with Crippen molar-refractivity contribution in [2.24, 2.45) is 0 Å². The first-order chi connectivity index (χ1) is 4.97. The van der Waals surface area contributed by atoms with Crippen LogP contribution in [0.2, 0.25) is 0 Å². The van der Waals surface area contributed by atoms with E-state index in [1.54, 1.807) is 0 Å². The van der Waals surface area contributed by atoms with Crippen LogP contribution >= 0.6 is 11.3 Å². The Labute approximate surface area is 61.7 Å². The van der Waals surface area contributed by atoms with Crippen LogP contribution in [0.25, 0.3) is 11.4 Å². The third kappa shape index (κ3) is 0.823. The zero-order valence-corrected chi connectivity index (χ0v) is 5.85. The molecule has 2 aromatic rings. The second kappa shape index (κ2) is 2.22. The molecule has 0 aromatic carbocycles. The van der Waals surface area contributed by atoms with Crippen LogP contribution < -0.4 is 0 Å². The smallest absolute Gasteiger partial charge is 0.156 e. The zero-order chi connectivity index (χ0) is 6.81. The lowest BCUT2D eigenvalue weighted by Crippen LogP contribution is -1.74. The number of thiophene rings is 1. The first-order valence-corrected chi connectivity index (χ1v) is 3.66. The first kappa shape index (κ1) is 5.61. The summed E-state index contributed by atoms with van der Waals surface area (Å²) in [5, 5.41) is 11.5. The van der Waals surface area contributed by atoms with Gasteiger partial charge in [0.2, 0.25) is 0 Å². The first-order valence-electron chi connectivity index (χ1n) is 2.78. The topological polar surface area (TPSA) is 41.6 Å². The van der Waals surface area contributed by atoms with E-state index in [1.807, 2.05) is 11.4 Å². The number of hydrogen-bond donors (Lipinski definition) is 1. The molecule has 2 heterocycles. The molecule has 0 spiro atoms. The largest absolute Gasteiger partial charge is 0.259 e. The molecule has 10 heavy (non-hydrogen) atoms. The maximum atomic E-state index is 3.97. The maximum absolute atomic E-state index is 3.97. The molecule has 0 saturated heterocycles. The van der Waals surface area contributed by atoms with Gasteiger partial charge < -0.3 is 0 Å². The van der Waals surface area contributed by atoms with E-state index in [0.717, 1.165) is 11.4 Å². The van der Waals surface area contributed by atoms with Gasteiger partial charge in [0.25, 0.3) is 0 Å². The van der Waals surface area contributed by atoms with Gasteiger partial charge in [-0.3, -0.25) is 5.10 Å². The van der Waals surface area contributed by atoms with Crippen LogP contribution in [0.3, 0.4) is 0 Å². The zero-order valence-electron chi connectivity index (χ0n) is 5.03. The molecule has 0 unspecified atom stereocenters. The Morgan fingerprint density at radius 1 is 1.60 bits per heavy atom. The van der Waals surface area contributed by atoms with E-state index < -0.39 is 0 Å². The van der Waals surface area contributed by atoms with Crippen molar-refractivity contribution in [3.63, 3.8) is 0 Å². The summed E-state index contributed by atoms with van der Waals surface area (Å²) in [7, 11) is 0.